The number of aromatic nitrogens is 4. The van der Waals surface area contributed by atoms with Gasteiger partial charge < -0.3 is 14.0 Å². The number of esters is 1. The van der Waals surface area contributed by atoms with Crippen LogP contribution in [0.2, 0.25) is 0 Å². The summed E-state index contributed by atoms with van der Waals surface area (Å²) in [5.74, 6) is 0.462. The van der Waals surface area contributed by atoms with Gasteiger partial charge in [-0.3, -0.25) is 0 Å². The zero-order chi connectivity index (χ0) is 25.3. The average Bonchev–Trinajstić information content (AvgIpc) is 3.34. The zero-order valence-electron chi connectivity index (χ0n) is 21.0. The summed E-state index contributed by atoms with van der Waals surface area (Å²) in [4.78, 5) is 34.1. The number of fused-ring (bicyclic) bond motifs is 2. The number of hydrogen-bond acceptors (Lipinski definition) is 6. The summed E-state index contributed by atoms with van der Waals surface area (Å²) in [5.41, 5.74) is 4.45. The molecule has 3 heterocycles. The molecule has 0 spiro atoms. The smallest absolute Gasteiger partial charge is 0.419 e. The summed E-state index contributed by atoms with van der Waals surface area (Å²) >= 11 is 0. The van der Waals surface area contributed by atoms with Gasteiger partial charge in [-0.05, 0) is 69.2 Å². The molecule has 0 unspecified atom stereocenters. The Morgan fingerprint density at radius 3 is 2.60 bits per heavy atom. The van der Waals surface area contributed by atoms with Crippen LogP contribution in [0.15, 0.2) is 42.6 Å². The molecule has 0 saturated heterocycles. The van der Waals surface area contributed by atoms with Crippen LogP contribution in [0.5, 0.6) is 0 Å². The highest BCUT2D eigenvalue weighted by molar-refractivity contribution is 5.95. The molecule has 0 aliphatic rings. The topological polar surface area (TPSA) is 88.2 Å². The number of nitrogens with zero attached hydrogens (tertiary/aromatic N) is 4. The fourth-order valence-corrected chi connectivity index (χ4v) is 4.04. The average molecular weight is 475 g/mol. The number of methoxy groups -OCH3 is 1. The third kappa shape index (κ3) is 4.96. The van der Waals surface area contributed by atoms with E-state index in [2.05, 4.69) is 16.5 Å². The highest BCUT2D eigenvalue weighted by atomic mass is 16.6. The largest absolute Gasteiger partial charge is 0.466 e. The molecule has 0 saturated carbocycles. The second-order valence-corrected chi connectivity index (χ2v) is 9.40. The molecule has 1 aromatic carbocycles. The fourth-order valence-electron chi connectivity index (χ4n) is 4.04. The quantitative estimate of drug-likeness (QED) is 0.289. The SMILES string of the molecule is CCc1nc2c(C)ccnc2n1Cc1ccc2c(c1)cc(C=CC(=O)OC)n2C(=O)OC(C)(C)C. The molecular weight excluding hydrogens is 444 g/mol. The van der Waals surface area contributed by atoms with Crippen LogP contribution in [0.4, 0.5) is 4.79 Å². The number of benzene rings is 1. The number of carbonyl (C=O) groups excluding carboxylic acids is 2. The molecule has 0 fully saturated rings. The van der Waals surface area contributed by atoms with Gasteiger partial charge in [-0.25, -0.2) is 24.1 Å². The molecule has 0 amide bonds. The van der Waals surface area contributed by atoms with Crippen LogP contribution in [0.3, 0.4) is 0 Å². The fraction of sp³-hybridized carbons (Fsp3) is 0.333. The van der Waals surface area contributed by atoms with E-state index >= 15 is 0 Å². The summed E-state index contributed by atoms with van der Waals surface area (Å²) in [7, 11) is 1.31. The maximum atomic E-state index is 13.0. The summed E-state index contributed by atoms with van der Waals surface area (Å²) < 4.78 is 13.9. The van der Waals surface area contributed by atoms with Gasteiger partial charge in [0.2, 0.25) is 0 Å². The first-order valence-electron chi connectivity index (χ1n) is 11.6. The van der Waals surface area contributed by atoms with Crippen LogP contribution in [0.25, 0.3) is 28.1 Å². The summed E-state index contributed by atoms with van der Waals surface area (Å²) in [6.07, 6.45) is 4.92. The summed E-state index contributed by atoms with van der Waals surface area (Å²) in [5, 5.41) is 0.851. The highest BCUT2D eigenvalue weighted by Gasteiger charge is 2.22. The lowest BCUT2D eigenvalue weighted by Gasteiger charge is -2.20. The van der Waals surface area contributed by atoms with Gasteiger partial charge in [0.1, 0.15) is 16.9 Å². The molecule has 4 aromatic rings. The van der Waals surface area contributed by atoms with Gasteiger partial charge in [0.05, 0.1) is 24.9 Å². The lowest BCUT2D eigenvalue weighted by Crippen LogP contribution is -2.27. The van der Waals surface area contributed by atoms with E-state index in [1.54, 1.807) is 12.3 Å². The third-order valence-corrected chi connectivity index (χ3v) is 5.63. The number of imidazole rings is 1. The van der Waals surface area contributed by atoms with Gasteiger partial charge in [-0.2, -0.15) is 0 Å². The maximum Gasteiger partial charge on any atom is 0.419 e. The van der Waals surface area contributed by atoms with Crippen LogP contribution in [0.1, 0.15) is 50.3 Å². The van der Waals surface area contributed by atoms with E-state index in [1.165, 1.54) is 17.8 Å². The molecule has 4 rings (SSSR count). The Bertz CT molecular complexity index is 1450. The van der Waals surface area contributed by atoms with Gasteiger partial charge in [0.25, 0.3) is 0 Å². The van der Waals surface area contributed by atoms with Crippen molar-refractivity contribution in [2.75, 3.05) is 7.11 Å². The van der Waals surface area contributed by atoms with Crippen molar-refractivity contribution in [3.05, 3.63) is 65.2 Å². The van der Waals surface area contributed by atoms with Crippen LogP contribution in [-0.2, 0) is 27.2 Å². The second-order valence-electron chi connectivity index (χ2n) is 9.40. The summed E-state index contributed by atoms with van der Waals surface area (Å²) in [6.45, 7) is 10.2. The number of rotatable bonds is 5. The molecule has 0 radical (unpaired) electrons. The normalized spacial score (nSPS) is 12.1. The number of ether oxygens (including phenoxy) is 2. The minimum Gasteiger partial charge on any atom is -0.466 e. The van der Waals surface area contributed by atoms with Crippen molar-refractivity contribution >= 4 is 40.2 Å². The first-order valence-corrected chi connectivity index (χ1v) is 11.6. The maximum absolute atomic E-state index is 13.0. The number of hydrogen-bond donors (Lipinski definition) is 0. The van der Waals surface area contributed by atoms with E-state index in [-0.39, 0.29) is 0 Å². The first kappa shape index (κ1) is 24.2. The Morgan fingerprint density at radius 2 is 1.91 bits per heavy atom. The lowest BCUT2D eigenvalue weighted by atomic mass is 10.1. The molecule has 0 atom stereocenters. The Morgan fingerprint density at radius 1 is 1.14 bits per heavy atom. The minimum atomic E-state index is -0.666. The predicted molar refractivity (Wildman–Crippen MR) is 135 cm³/mol. The van der Waals surface area contributed by atoms with Crippen molar-refractivity contribution in [2.24, 2.45) is 0 Å². The Kier molecular flexibility index (Phi) is 6.47. The molecule has 0 N–H and O–H groups in total. The third-order valence-electron chi connectivity index (χ3n) is 5.63. The van der Waals surface area contributed by atoms with E-state index < -0.39 is 17.7 Å². The number of carbonyl (C=O) groups is 2. The van der Waals surface area contributed by atoms with E-state index in [0.29, 0.717) is 17.8 Å². The minimum absolute atomic E-state index is 0.506. The molecule has 8 heteroatoms. The Labute approximate surface area is 204 Å². The molecule has 0 aliphatic heterocycles. The molecule has 182 valence electrons. The molecular formula is C27H30N4O4. The van der Waals surface area contributed by atoms with Gasteiger partial charge in [0, 0.05) is 24.1 Å². The van der Waals surface area contributed by atoms with Crippen molar-refractivity contribution in [3.8, 4) is 0 Å². The lowest BCUT2D eigenvalue weighted by molar-refractivity contribution is -0.134. The second kappa shape index (κ2) is 9.37. The van der Waals surface area contributed by atoms with E-state index in [9.17, 15) is 9.59 Å². The number of pyridine rings is 1. The predicted octanol–water partition coefficient (Wildman–Crippen LogP) is 5.27. The molecule has 35 heavy (non-hydrogen) atoms. The molecule has 0 bridgehead atoms. The van der Waals surface area contributed by atoms with E-state index in [4.69, 9.17) is 14.5 Å². The first-order chi connectivity index (χ1) is 16.6. The standard InChI is InChI=1S/C27H30N4O4/c1-7-22-29-24-17(2)12-13-28-25(24)30(22)16-18-8-10-21-19(14-18)15-20(9-11-23(32)34-6)31(21)26(33)35-27(3,4)5/h8-15H,7,16H2,1-6H3. The molecule has 3 aromatic heterocycles. The van der Waals surface area contributed by atoms with Crippen LogP contribution < -0.4 is 0 Å². The van der Waals surface area contributed by atoms with Crippen LogP contribution in [0, 0.1) is 6.92 Å². The number of aryl methyl sites for hydroxylation is 2. The Hall–Kier alpha value is -3.94. The Balaban J connectivity index is 1.79. The van der Waals surface area contributed by atoms with E-state index in [1.807, 2.05) is 58.0 Å². The van der Waals surface area contributed by atoms with E-state index in [0.717, 1.165) is 39.9 Å². The highest BCUT2D eigenvalue weighted by Crippen LogP contribution is 2.26. The van der Waals surface area contributed by atoms with Gasteiger partial charge in [-0.15, -0.1) is 0 Å². The molecule has 0 aliphatic carbocycles. The summed E-state index contributed by atoms with van der Waals surface area (Å²) in [6, 6.07) is 9.74. The van der Waals surface area contributed by atoms with Crippen molar-refractivity contribution in [3.63, 3.8) is 0 Å². The van der Waals surface area contributed by atoms with Crippen LogP contribution in [-0.4, -0.2) is 43.9 Å². The van der Waals surface area contributed by atoms with Gasteiger partial charge in [0.15, 0.2) is 5.65 Å². The van der Waals surface area contributed by atoms with Crippen molar-refractivity contribution in [1.82, 2.24) is 19.1 Å². The monoisotopic (exact) mass is 474 g/mol. The van der Waals surface area contributed by atoms with Crippen molar-refractivity contribution in [1.29, 1.82) is 0 Å². The molecule has 8 nitrogen and oxygen atoms in total. The van der Waals surface area contributed by atoms with Gasteiger partial charge in [-0.1, -0.05) is 13.0 Å². The van der Waals surface area contributed by atoms with Crippen molar-refractivity contribution in [2.45, 2.75) is 53.2 Å². The van der Waals surface area contributed by atoms with Crippen LogP contribution >= 0.6 is 0 Å². The van der Waals surface area contributed by atoms with Crippen molar-refractivity contribution < 1.29 is 19.1 Å². The van der Waals surface area contributed by atoms with Gasteiger partial charge >= 0.3 is 12.1 Å². The zero-order valence-corrected chi connectivity index (χ0v) is 21.0.